The predicted octanol–water partition coefficient (Wildman–Crippen LogP) is 2.22. The Bertz CT molecular complexity index is 893. The molecule has 1 spiro atoms. The van der Waals surface area contributed by atoms with E-state index >= 15 is 0 Å². The van der Waals surface area contributed by atoms with Crippen molar-refractivity contribution < 1.29 is 27.5 Å². The number of anilines is 1. The molecule has 0 aliphatic carbocycles. The Labute approximate surface area is 184 Å². The van der Waals surface area contributed by atoms with Crippen LogP contribution in [-0.2, 0) is 20.7 Å². The summed E-state index contributed by atoms with van der Waals surface area (Å²) in [7, 11) is 0. The molecule has 1 aromatic rings. The number of likely N-dealkylation sites (tertiary alicyclic amines) is 1. The average Bonchev–Trinajstić information content (AvgIpc) is 2.74. The molecule has 0 aromatic heterocycles. The maximum atomic E-state index is 12.3. The number of nitrogens with two attached hydrogens (primary N) is 1. The zero-order chi connectivity index (χ0) is 23.4. The van der Waals surface area contributed by atoms with Crippen molar-refractivity contribution >= 4 is 23.6 Å². The maximum Gasteiger partial charge on any atom is 0.455 e. The third-order valence-corrected chi connectivity index (χ3v) is 5.79. The molecule has 3 rings (SSSR count). The summed E-state index contributed by atoms with van der Waals surface area (Å²) in [4.78, 5) is 30.5. The second-order valence-corrected chi connectivity index (χ2v) is 8.24. The molecule has 2 heterocycles. The first-order valence-electron chi connectivity index (χ1n) is 10.4. The van der Waals surface area contributed by atoms with E-state index in [1.807, 2.05) is 24.3 Å². The number of ketones is 1. The van der Waals surface area contributed by atoms with E-state index in [0.29, 0.717) is 6.54 Å². The van der Waals surface area contributed by atoms with Gasteiger partial charge in [0.2, 0.25) is 5.91 Å². The lowest BCUT2D eigenvalue weighted by molar-refractivity contribution is -0.170. The zero-order valence-corrected chi connectivity index (χ0v) is 17.7. The maximum absolute atomic E-state index is 12.3. The third-order valence-electron chi connectivity index (χ3n) is 5.79. The Hall–Kier alpha value is -2.72. The minimum Gasteiger partial charge on any atom is -0.399 e. The molecule has 0 bridgehead atoms. The summed E-state index contributed by atoms with van der Waals surface area (Å²) in [5.74, 6) is -2.34. The Balaban J connectivity index is 1.50. The zero-order valence-electron chi connectivity index (χ0n) is 17.7. The molecule has 2 aliphatic rings. The highest BCUT2D eigenvalue weighted by Gasteiger charge is 2.42. The van der Waals surface area contributed by atoms with Gasteiger partial charge in [-0.15, -0.1) is 0 Å². The fourth-order valence-corrected chi connectivity index (χ4v) is 3.94. The number of halogens is 3. The standard InChI is InChI=1S/C22H27F3N4O3/c1-16(27-12-19(30)22(23,24)25)13-29-15-21(32-14-20(29)31)6-9-28(10-7-21)8-5-17-3-2-4-18(26)11-17/h2-4,11-12H,1,5-10,13-15,26H2/b27-12-. The summed E-state index contributed by atoms with van der Waals surface area (Å²) >= 11 is 0. The van der Waals surface area contributed by atoms with Crippen molar-refractivity contribution in [3.05, 3.63) is 42.1 Å². The molecule has 2 N–H and O–H groups in total. The predicted molar refractivity (Wildman–Crippen MR) is 114 cm³/mol. The molecule has 1 amide bonds. The van der Waals surface area contributed by atoms with Crippen LogP contribution in [0.25, 0.3) is 0 Å². The quantitative estimate of drug-likeness (QED) is 0.506. The molecule has 0 radical (unpaired) electrons. The number of carbonyl (C=O) groups excluding carboxylic acids is 2. The van der Waals surface area contributed by atoms with Crippen LogP contribution in [0.15, 0.2) is 41.5 Å². The number of rotatable bonds is 7. The van der Waals surface area contributed by atoms with Gasteiger partial charge in [0, 0.05) is 25.3 Å². The fraction of sp³-hybridized carbons (Fsp3) is 0.500. The molecule has 0 saturated carbocycles. The van der Waals surface area contributed by atoms with Gasteiger partial charge in [0.15, 0.2) is 0 Å². The molecule has 2 fully saturated rings. The van der Waals surface area contributed by atoms with Crippen molar-refractivity contribution in [2.24, 2.45) is 4.99 Å². The number of ether oxygens (including phenoxy) is 1. The van der Waals surface area contributed by atoms with Crippen molar-refractivity contribution in [1.29, 1.82) is 0 Å². The Morgan fingerprint density at radius 3 is 2.69 bits per heavy atom. The lowest BCUT2D eigenvalue weighted by Crippen LogP contribution is -2.59. The van der Waals surface area contributed by atoms with Crippen LogP contribution in [0.3, 0.4) is 0 Å². The van der Waals surface area contributed by atoms with Gasteiger partial charge in [0.05, 0.1) is 30.6 Å². The first-order valence-corrected chi connectivity index (χ1v) is 10.4. The van der Waals surface area contributed by atoms with Gasteiger partial charge in [-0.3, -0.25) is 14.6 Å². The van der Waals surface area contributed by atoms with Gasteiger partial charge in [-0.05, 0) is 37.0 Å². The molecule has 0 unspecified atom stereocenters. The number of nitrogens with zero attached hydrogens (tertiary/aromatic N) is 3. The number of carbonyl (C=O) groups is 2. The number of amides is 1. The Morgan fingerprint density at radius 2 is 2.03 bits per heavy atom. The second-order valence-electron chi connectivity index (χ2n) is 8.24. The topological polar surface area (TPSA) is 88.2 Å². The average molecular weight is 452 g/mol. The molecule has 0 atom stereocenters. The molecular formula is C22H27F3N4O3. The lowest BCUT2D eigenvalue weighted by Gasteiger charge is -2.47. The van der Waals surface area contributed by atoms with E-state index in [0.717, 1.165) is 44.6 Å². The van der Waals surface area contributed by atoms with E-state index in [1.165, 1.54) is 10.5 Å². The van der Waals surface area contributed by atoms with E-state index in [1.54, 1.807) is 0 Å². The van der Waals surface area contributed by atoms with Crippen molar-refractivity contribution in [2.45, 2.75) is 31.0 Å². The number of piperidine rings is 1. The fourth-order valence-electron chi connectivity index (χ4n) is 3.94. The third kappa shape index (κ3) is 6.39. The van der Waals surface area contributed by atoms with Gasteiger partial charge in [0.25, 0.3) is 5.78 Å². The van der Waals surface area contributed by atoms with E-state index in [9.17, 15) is 22.8 Å². The van der Waals surface area contributed by atoms with E-state index in [-0.39, 0.29) is 31.0 Å². The summed E-state index contributed by atoms with van der Waals surface area (Å²) in [6.07, 6.45) is -2.43. The van der Waals surface area contributed by atoms with Crippen molar-refractivity contribution in [1.82, 2.24) is 9.80 Å². The number of alkyl halides is 3. The van der Waals surface area contributed by atoms with Crippen LogP contribution in [-0.4, -0.2) is 78.8 Å². The van der Waals surface area contributed by atoms with Crippen LogP contribution in [0.4, 0.5) is 18.9 Å². The van der Waals surface area contributed by atoms with Crippen LogP contribution in [0.1, 0.15) is 18.4 Å². The van der Waals surface area contributed by atoms with Crippen LogP contribution in [0.5, 0.6) is 0 Å². The highest BCUT2D eigenvalue weighted by molar-refractivity contribution is 6.30. The number of nitrogen functional groups attached to an aromatic ring is 1. The highest BCUT2D eigenvalue weighted by Crippen LogP contribution is 2.31. The summed E-state index contributed by atoms with van der Waals surface area (Å²) in [5, 5.41) is 0. The van der Waals surface area contributed by atoms with Crippen LogP contribution < -0.4 is 5.73 Å². The molecule has 2 saturated heterocycles. The van der Waals surface area contributed by atoms with Crippen LogP contribution in [0, 0.1) is 0 Å². The number of aliphatic imine (C=N–C) groups is 1. The Morgan fingerprint density at radius 1 is 1.31 bits per heavy atom. The summed E-state index contributed by atoms with van der Waals surface area (Å²) in [5.41, 5.74) is 7.27. The number of benzene rings is 1. The molecule has 10 heteroatoms. The number of Topliss-reactive ketones (excluding diaryl/α,β-unsaturated/α-hetero) is 1. The highest BCUT2D eigenvalue weighted by atomic mass is 19.4. The molecule has 1 aromatic carbocycles. The summed E-state index contributed by atoms with van der Waals surface area (Å²) in [6.45, 7) is 6.25. The SMILES string of the molecule is C=C(CN1CC2(CCN(CCc3cccc(N)c3)CC2)OCC1=O)/N=C\C(=O)C(F)(F)F. The second kappa shape index (κ2) is 9.83. The van der Waals surface area contributed by atoms with E-state index in [4.69, 9.17) is 10.5 Å². The van der Waals surface area contributed by atoms with Gasteiger partial charge >= 0.3 is 6.18 Å². The normalized spacial score (nSPS) is 19.6. The van der Waals surface area contributed by atoms with E-state index in [2.05, 4.69) is 16.5 Å². The molecular weight excluding hydrogens is 425 g/mol. The summed E-state index contributed by atoms with van der Waals surface area (Å²) in [6, 6.07) is 7.81. The number of hydrogen-bond acceptors (Lipinski definition) is 6. The monoisotopic (exact) mass is 452 g/mol. The molecule has 174 valence electrons. The lowest BCUT2D eigenvalue weighted by atomic mass is 9.89. The van der Waals surface area contributed by atoms with Gasteiger partial charge in [-0.1, -0.05) is 18.7 Å². The van der Waals surface area contributed by atoms with Crippen LogP contribution in [0.2, 0.25) is 0 Å². The van der Waals surface area contributed by atoms with Crippen molar-refractivity contribution in [2.75, 3.05) is 45.1 Å². The first-order chi connectivity index (χ1) is 15.1. The van der Waals surface area contributed by atoms with Gasteiger partial charge in [-0.2, -0.15) is 13.2 Å². The van der Waals surface area contributed by atoms with Gasteiger partial charge in [-0.25, -0.2) is 0 Å². The number of morpholine rings is 1. The first kappa shape index (κ1) is 23.9. The van der Waals surface area contributed by atoms with Crippen LogP contribution >= 0.6 is 0 Å². The Kier molecular flexibility index (Phi) is 7.35. The van der Waals surface area contributed by atoms with Crippen molar-refractivity contribution in [3.63, 3.8) is 0 Å². The minimum absolute atomic E-state index is 0.00701. The van der Waals surface area contributed by atoms with E-state index < -0.39 is 17.6 Å². The number of hydrogen-bond donors (Lipinski definition) is 1. The summed E-state index contributed by atoms with van der Waals surface area (Å²) < 4.78 is 42.8. The minimum atomic E-state index is -4.98. The van der Waals surface area contributed by atoms with Gasteiger partial charge < -0.3 is 20.3 Å². The largest absolute Gasteiger partial charge is 0.455 e. The van der Waals surface area contributed by atoms with Gasteiger partial charge in [0.1, 0.15) is 6.61 Å². The molecule has 2 aliphatic heterocycles. The molecule has 7 nitrogen and oxygen atoms in total. The molecule has 32 heavy (non-hydrogen) atoms. The smallest absolute Gasteiger partial charge is 0.399 e. The van der Waals surface area contributed by atoms with Crippen molar-refractivity contribution in [3.8, 4) is 0 Å².